The summed E-state index contributed by atoms with van der Waals surface area (Å²) in [7, 11) is 1.62. The summed E-state index contributed by atoms with van der Waals surface area (Å²) < 4.78 is 5.26. The first-order valence-electron chi connectivity index (χ1n) is 7.26. The number of para-hydroxylation sites is 1. The number of benzene rings is 2. The minimum absolute atomic E-state index is 0.0855. The van der Waals surface area contributed by atoms with E-state index in [2.05, 4.69) is 17.1 Å². The average Bonchev–Trinajstić information content (AvgIpc) is 2.87. The number of nitrogens with zero attached hydrogens (tertiary/aromatic N) is 1. The standard InChI is InChI=1S/C18H18N2O2/c1-3-20(13-7-5-4-6-8-13)12-16-15-11-14(22-2)9-10-17(15)19-18(16)21/h4-12H,3H2,1-2H3,(H,19,21)/b16-12+. The molecule has 4 nitrogen and oxygen atoms in total. The summed E-state index contributed by atoms with van der Waals surface area (Å²) in [6.07, 6.45) is 1.90. The fourth-order valence-electron chi connectivity index (χ4n) is 2.55. The Kier molecular flexibility index (Phi) is 3.83. The van der Waals surface area contributed by atoms with E-state index in [0.29, 0.717) is 5.57 Å². The average molecular weight is 294 g/mol. The van der Waals surface area contributed by atoms with Crippen LogP contribution in [-0.2, 0) is 4.79 Å². The molecule has 1 aliphatic heterocycles. The zero-order valence-electron chi connectivity index (χ0n) is 12.7. The van der Waals surface area contributed by atoms with E-state index in [1.165, 1.54) is 0 Å². The normalized spacial score (nSPS) is 14.6. The van der Waals surface area contributed by atoms with E-state index in [-0.39, 0.29) is 5.91 Å². The van der Waals surface area contributed by atoms with Crippen molar-refractivity contribution in [1.29, 1.82) is 0 Å². The van der Waals surface area contributed by atoms with Crippen LogP contribution in [0, 0.1) is 0 Å². The van der Waals surface area contributed by atoms with Gasteiger partial charge in [0.05, 0.1) is 12.7 Å². The van der Waals surface area contributed by atoms with E-state index in [9.17, 15) is 4.79 Å². The molecular weight excluding hydrogens is 276 g/mol. The highest BCUT2D eigenvalue weighted by Gasteiger charge is 2.25. The molecule has 0 fully saturated rings. The van der Waals surface area contributed by atoms with E-state index < -0.39 is 0 Å². The number of rotatable bonds is 4. The molecule has 112 valence electrons. The summed E-state index contributed by atoms with van der Waals surface area (Å²) >= 11 is 0. The molecule has 0 aliphatic carbocycles. The number of nitrogens with one attached hydrogen (secondary N) is 1. The van der Waals surface area contributed by atoms with Crippen LogP contribution in [0.3, 0.4) is 0 Å². The molecule has 4 heteroatoms. The number of fused-ring (bicyclic) bond motifs is 1. The van der Waals surface area contributed by atoms with E-state index in [1.807, 2.05) is 54.7 Å². The van der Waals surface area contributed by atoms with Crippen molar-refractivity contribution in [3.05, 3.63) is 60.3 Å². The van der Waals surface area contributed by atoms with Crippen molar-refractivity contribution in [2.45, 2.75) is 6.92 Å². The Bertz CT molecular complexity index is 723. The Morgan fingerprint density at radius 2 is 1.95 bits per heavy atom. The molecular formula is C18H18N2O2. The molecule has 0 saturated carbocycles. The van der Waals surface area contributed by atoms with Gasteiger partial charge in [-0.15, -0.1) is 0 Å². The minimum Gasteiger partial charge on any atom is -0.497 e. The molecule has 0 bridgehead atoms. The van der Waals surface area contributed by atoms with Crippen molar-refractivity contribution in [2.24, 2.45) is 0 Å². The van der Waals surface area contributed by atoms with Gasteiger partial charge in [0.2, 0.25) is 0 Å². The molecule has 1 aliphatic rings. The van der Waals surface area contributed by atoms with Gasteiger partial charge in [0.1, 0.15) is 5.75 Å². The molecule has 2 aromatic rings. The molecule has 0 unspecified atom stereocenters. The molecule has 0 saturated heterocycles. The lowest BCUT2D eigenvalue weighted by Gasteiger charge is -2.19. The zero-order chi connectivity index (χ0) is 15.5. The summed E-state index contributed by atoms with van der Waals surface area (Å²) in [5.41, 5.74) is 3.40. The van der Waals surface area contributed by atoms with Crippen molar-refractivity contribution in [2.75, 3.05) is 23.9 Å². The number of ether oxygens (including phenoxy) is 1. The Hall–Kier alpha value is -2.75. The summed E-state index contributed by atoms with van der Waals surface area (Å²) in [6.45, 7) is 2.84. The van der Waals surface area contributed by atoms with Crippen molar-refractivity contribution in [3.63, 3.8) is 0 Å². The second-order valence-electron chi connectivity index (χ2n) is 5.03. The lowest BCUT2D eigenvalue weighted by Crippen LogP contribution is -2.17. The van der Waals surface area contributed by atoms with Crippen LogP contribution >= 0.6 is 0 Å². The van der Waals surface area contributed by atoms with E-state index in [0.717, 1.165) is 29.2 Å². The van der Waals surface area contributed by atoms with Gasteiger partial charge in [0.15, 0.2) is 0 Å². The molecule has 0 spiro atoms. The monoisotopic (exact) mass is 294 g/mol. The molecule has 0 radical (unpaired) electrons. The van der Waals surface area contributed by atoms with Crippen LogP contribution in [0.15, 0.2) is 54.7 Å². The van der Waals surface area contributed by atoms with Gasteiger partial charge in [-0.25, -0.2) is 0 Å². The smallest absolute Gasteiger partial charge is 0.257 e. The van der Waals surface area contributed by atoms with Gasteiger partial charge in [0, 0.05) is 29.7 Å². The Morgan fingerprint density at radius 3 is 2.64 bits per heavy atom. The third-order valence-corrected chi connectivity index (χ3v) is 3.72. The number of hydrogen-bond acceptors (Lipinski definition) is 3. The molecule has 3 rings (SSSR count). The highest BCUT2D eigenvalue weighted by Crippen LogP contribution is 2.35. The Labute approximate surface area is 130 Å². The van der Waals surface area contributed by atoms with Crippen molar-refractivity contribution >= 4 is 22.9 Å². The van der Waals surface area contributed by atoms with Crippen molar-refractivity contribution in [1.82, 2.24) is 0 Å². The molecule has 2 aromatic carbocycles. The molecule has 0 aromatic heterocycles. The van der Waals surface area contributed by atoms with Crippen LogP contribution in [0.25, 0.3) is 5.57 Å². The predicted octanol–water partition coefficient (Wildman–Crippen LogP) is 3.51. The van der Waals surface area contributed by atoms with Crippen LogP contribution in [-0.4, -0.2) is 19.6 Å². The molecule has 0 atom stereocenters. The first-order chi connectivity index (χ1) is 10.7. The number of carbonyl (C=O) groups is 1. The second-order valence-corrected chi connectivity index (χ2v) is 5.03. The second kappa shape index (κ2) is 5.93. The number of carbonyl (C=O) groups excluding carboxylic acids is 1. The van der Waals surface area contributed by atoms with Gasteiger partial charge < -0.3 is 15.0 Å². The fraction of sp³-hybridized carbons (Fsp3) is 0.167. The summed E-state index contributed by atoms with van der Waals surface area (Å²) in [4.78, 5) is 14.3. The first-order valence-corrected chi connectivity index (χ1v) is 7.26. The minimum atomic E-state index is -0.0855. The van der Waals surface area contributed by atoms with Gasteiger partial charge in [-0.1, -0.05) is 18.2 Å². The molecule has 1 heterocycles. The van der Waals surface area contributed by atoms with Gasteiger partial charge in [-0.3, -0.25) is 4.79 Å². The summed E-state index contributed by atoms with van der Waals surface area (Å²) in [5.74, 6) is 0.654. The third-order valence-electron chi connectivity index (χ3n) is 3.72. The largest absolute Gasteiger partial charge is 0.497 e. The van der Waals surface area contributed by atoms with Crippen LogP contribution in [0.2, 0.25) is 0 Å². The van der Waals surface area contributed by atoms with Gasteiger partial charge in [-0.2, -0.15) is 0 Å². The maximum Gasteiger partial charge on any atom is 0.257 e. The van der Waals surface area contributed by atoms with E-state index >= 15 is 0 Å². The third kappa shape index (κ3) is 2.55. The molecule has 1 N–H and O–H groups in total. The number of amides is 1. The van der Waals surface area contributed by atoms with Gasteiger partial charge >= 0.3 is 0 Å². The van der Waals surface area contributed by atoms with Gasteiger partial charge in [0.25, 0.3) is 5.91 Å². The van der Waals surface area contributed by atoms with Gasteiger partial charge in [-0.05, 0) is 37.3 Å². The highest BCUT2D eigenvalue weighted by atomic mass is 16.5. The molecule has 22 heavy (non-hydrogen) atoms. The quantitative estimate of drug-likeness (QED) is 0.877. The zero-order valence-corrected chi connectivity index (χ0v) is 12.7. The topological polar surface area (TPSA) is 41.6 Å². The summed E-state index contributed by atoms with van der Waals surface area (Å²) in [6, 6.07) is 15.6. The predicted molar refractivity (Wildman–Crippen MR) is 89.1 cm³/mol. The SMILES string of the molecule is CCN(/C=C1/C(=O)Nc2ccc(OC)cc21)c1ccccc1. The maximum atomic E-state index is 12.3. The van der Waals surface area contributed by atoms with Crippen molar-refractivity contribution in [3.8, 4) is 5.75 Å². The van der Waals surface area contributed by atoms with E-state index in [1.54, 1.807) is 7.11 Å². The van der Waals surface area contributed by atoms with E-state index in [4.69, 9.17) is 4.74 Å². The number of anilines is 2. The number of methoxy groups -OCH3 is 1. The Morgan fingerprint density at radius 1 is 1.18 bits per heavy atom. The van der Waals surface area contributed by atoms with Crippen LogP contribution in [0.4, 0.5) is 11.4 Å². The Balaban J connectivity index is 2.02. The van der Waals surface area contributed by atoms with Crippen LogP contribution in [0.5, 0.6) is 5.75 Å². The first kappa shape index (κ1) is 14.2. The molecule has 1 amide bonds. The maximum absolute atomic E-state index is 12.3. The van der Waals surface area contributed by atoms with Crippen molar-refractivity contribution < 1.29 is 9.53 Å². The highest BCUT2D eigenvalue weighted by molar-refractivity contribution is 6.31. The van der Waals surface area contributed by atoms with Crippen LogP contribution < -0.4 is 15.0 Å². The number of hydrogen-bond donors (Lipinski definition) is 1. The summed E-state index contributed by atoms with van der Waals surface area (Å²) in [5, 5.41) is 2.89. The lowest BCUT2D eigenvalue weighted by molar-refractivity contribution is -0.110. The van der Waals surface area contributed by atoms with Crippen LogP contribution in [0.1, 0.15) is 12.5 Å². The lowest BCUT2D eigenvalue weighted by atomic mass is 10.1. The fourth-order valence-corrected chi connectivity index (χ4v) is 2.55.